The quantitative estimate of drug-likeness (QED) is 0.617. The minimum atomic E-state index is -3.94. The number of hydrogen-bond acceptors (Lipinski definition) is 8. The molecule has 0 spiro atoms. The van der Waals surface area contributed by atoms with E-state index in [1.807, 2.05) is 13.0 Å². The summed E-state index contributed by atoms with van der Waals surface area (Å²) in [4.78, 5) is 8.98. The normalized spacial score (nSPS) is 15.6. The summed E-state index contributed by atoms with van der Waals surface area (Å²) in [5.41, 5.74) is 0.912. The lowest BCUT2D eigenvalue weighted by molar-refractivity contribution is 0.193. The Balaban J connectivity index is 1.93. The molecule has 10 heteroatoms. The van der Waals surface area contributed by atoms with E-state index in [4.69, 9.17) is 4.74 Å². The zero-order valence-electron chi connectivity index (χ0n) is 17.0. The number of fused-ring (bicyclic) bond motifs is 1. The van der Waals surface area contributed by atoms with Gasteiger partial charge >= 0.3 is 0 Å². The molecule has 0 amide bonds. The second-order valence-corrected chi connectivity index (χ2v) is 9.19. The molecule has 3 heterocycles. The highest BCUT2D eigenvalue weighted by Gasteiger charge is 2.32. The van der Waals surface area contributed by atoms with Crippen LogP contribution < -0.4 is 9.64 Å². The summed E-state index contributed by atoms with van der Waals surface area (Å²) >= 11 is 0. The Kier molecular flexibility index (Phi) is 5.63. The van der Waals surface area contributed by atoms with Crippen LogP contribution in [0.5, 0.6) is 5.88 Å². The molecule has 160 valence electrons. The third kappa shape index (κ3) is 3.73. The first-order chi connectivity index (χ1) is 14.4. The van der Waals surface area contributed by atoms with Crippen molar-refractivity contribution < 1.29 is 18.3 Å². The van der Waals surface area contributed by atoms with E-state index in [1.54, 1.807) is 22.7 Å². The summed E-state index contributed by atoms with van der Waals surface area (Å²) in [5.74, 6) is 0.718. The number of piperazine rings is 1. The molecular weight excluding hydrogens is 406 g/mol. The van der Waals surface area contributed by atoms with Gasteiger partial charge in [0.2, 0.25) is 9.84 Å². The number of aliphatic hydroxyl groups is 1. The summed E-state index contributed by atoms with van der Waals surface area (Å²) in [7, 11) is -1.86. The lowest BCUT2D eigenvalue weighted by Crippen LogP contribution is -2.45. The number of sulfone groups is 1. The Morgan fingerprint density at radius 2 is 1.83 bits per heavy atom. The van der Waals surface area contributed by atoms with E-state index in [0.717, 1.165) is 32.0 Å². The fourth-order valence-corrected chi connectivity index (χ4v) is 4.98. The number of benzene rings is 1. The molecule has 1 saturated heterocycles. The van der Waals surface area contributed by atoms with E-state index in [-0.39, 0.29) is 34.5 Å². The molecule has 1 aromatic carbocycles. The highest BCUT2D eigenvalue weighted by molar-refractivity contribution is 7.91. The molecule has 0 radical (unpaired) electrons. The molecule has 1 aliphatic rings. The summed E-state index contributed by atoms with van der Waals surface area (Å²) in [6.45, 7) is 4.89. The maximum absolute atomic E-state index is 13.5. The number of aliphatic hydroxyl groups excluding tert-OH is 1. The van der Waals surface area contributed by atoms with Gasteiger partial charge in [0.25, 0.3) is 5.88 Å². The number of rotatable bonds is 6. The van der Waals surface area contributed by atoms with Gasteiger partial charge < -0.3 is 19.6 Å². The standard InChI is InChI=1S/C20H25N5O4S/c1-15-14-17(24-10-8-23(2)9-11-24)25-19(21-15)18(20(22-25)29-13-12-26)30(27,28)16-6-4-3-5-7-16/h3-7,14,26H,8-13H2,1-2H3. The Bertz CT molecular complexity index is 1140. The molecule has 0 atom stereocenters. The van der Waals surface area contributed by atoms with Crippen molar-refractivity contribution in [3.8, 4) is 5.88 Å². The summed E-state index contributed by atoms with van der Waals surface area (Å²) in [6, 6.07) is 10.1. The Morgan fingerprint density at radius 1 is 1.13 bits per heavy atom. The third-order valence-electron chi connectivity index (χ3n) is 5.11. The smallest absolute Gasteiger partial charge is 0.255 e. The molecule has 9 nitrogen and oxygen atoms in total. The zero-order valence-corrected chi connectivity index (χ0v) is 17.8. The second kappa shape index (κ2) is 8.21. The van der Waals surface area contributed by atoms with Crippen LogP contribution in [-0.2, 0) is 9.84 Å². The molecule has 0 aliphatic carbocycles. The lowest BCUT2D eigenvalue weighted by Gasteiger charge is -2.33. The van der Waals surface area contributed by atoms with Crippen LogP contribution >= 0.6 is 0 Å². The van der Waals surface area contributed by atoms with Gasteiger partial charge in [-0.1, -0.05) is 18.2 Å². The molecule has 1 aliphatic heterocycles. The lowest BCUT2D eigenvalue weighted by atomic mass is 10.3. The number of hydrogen-bond donors (Lipinski definition) is 1. The van der Waals surface area contributed by atoms with E-state index < -0.39 is 9.84 Å². The van der Waals surface area contributed by atoms with E-state index in [9.17, 15) is 13.5 Å². The number of anilines is 1. The fraction of sp³-hybridized carbons (Fsp3) is 0.400. The molecule has 4 rings (SSSR count). The zero-order chi connectivity index (χ0) is 21.3. The van der Waals surface area contributed by atoms with Gasteiger partial charge in [-0.2, -0.15) is 4.52 Å². The molecule has 3 aromatic rings. The molecule has 0 saturated carbocycles. The molecule has 0 unspecified atom stereocenters. The van der Waals surface area contributed by atoms with Gasteiger partial charge in [-0.25, -0.2) is 13.4 Å². The SMILES string of the molecule is Cc1cc(N2CCN(C)CC2)n2nc(OCCO)c(S(=O)(=O)c3ccccc3)c2n1. The number of likely N-dealkylation sites (N-methyl/N-ethyl adjacent to an activating group) is 1. The van der Waals surface area contributed by atoms with Crippen LogP contribution in [0.4, 0.5) is 5.82 Å². The molecule has 0 bridgehead atoms. The third-order valence-corrected chi connectivity index (χ3v) is 6.89. The van der Waals surface area contributed by atoms with E-state index >= 15 is 0 Å². The molecular formula is C20H25N5O4S. The topological polar surface area (TPSA) is 100 Å². The van der Waals surface area contributed by atoms with E-state index in [0.29, 0.717) is 5.69 Å². The maximum Gasteiger partial charge on any atom is 0.255 e. The largest absolute Gasteiger partial charge is 0.473 e. The van der Waals surface area contributed by atoms with Gasteiger partial charge in [0.15, 0.2) is 10.5 Å². The van der Waals surface area contributed by atoms with Crippen molar-refractivity contribution in [2.75, 3.05) is 51.3 Å². The van der Waals surface area contributed by atoms with Gasteiger partial charge in [0.05, 0.1) is 11.5 Å². The van der Waals surface area contributed by atoms with Crippen molar-refractivity contribution in [1.82, 2.24) is 19.5 Å². The van der Waals surface area contributed by atoms with Crippen molar-refractivity contribution in [2.45, 2.75) is 16.7 Å². The highest BCUT2D eigenvalue weighted by Crippen LogP contribution is 2.34. The van der Waals surface area contributed by atoms with Crippen LogP contribution in [0.3, 0.4) is 0 Å². The minimum absolute atomic E-state index is 0.0543. The first kappa shape index (κ1) is 20.6. The Labute approximate surface area is 175 Å². The molecule has 2 aromatic heterocycles. The number of aryl methyl sites for hydroxylation is 1. The molecule has 1 N–H and O–H groups in total. The van der Waals surface area contributed by atoms with Gasteiger partial charge in [-0.05, 0) is 26.1 Å². The Hall–Kier alpha value is -2.69. The predicted octanol–water partition coefficient (Wildman–Crippen LogP) is 0.993. The average Bonchev–Trinajstić information content (AvgIpc) is 3.11. The average molecular weight is 432 g/mol. The van der Waals surface area contributed by atoms with Crippen LogP contribution in [0.15, 0.2) is 46.2 Å². The summed E-state index contributed by atoms with van der Waals surface area (Å²) in [5, 5.41) is 13.7. The van der Waals surface area contributed by atoms with Crippen molar-refractivity contribution in [1.29, 1.82) is 0 Å². The first-order valence-corrected chi connectivity index (χ1v) is 11.3. The van der Waals surface area contributed by atoms with Crippen LogP contribution in [0.1, 0.15) is 5.69 Å². The monoisotopic (exact) mass is 431 g/mol. The van der Waals surface area contributed by atoms with Crippen molar-refractivity contribution in [3.63, 3.8) is 0 Å². The minimum Gasteiger partial charge on any atom is -0.473 e. The number of aromatic nitrogens is 3. The highest BCUT2D eigenvalue weighted by atomic mass is 32.2. The molecule has 30 heavy (non-hydrogen) atoms. The molecule has 1 fully saturated rings. The fourth-order valence-electron chi connectivity index (χ4n) is 3.53. The maximum atomic E-state index is 13.5. The van der Waals surface area contributed by atoms with Crippen LogP contribution in [0.2, 0.25) is 0 Å². The number of ether oxygens (including phenoxy) is 1. The van der Waals surface area contributed by atoms with Gasteiger partial charge in [-0.3, -0.25) is 0 Å². The first-order valence-electron chi connectivity index (χ1n) is 9.79. The Morgan fingerprint density at radius 3 is 2.50 bits per heavy atom. The van der Waals surface area contributed by atoms with Crippen molar-refractivity contribution in [2.24, 2.45) is 0 Å². The van der Waals surface area contributed by atoms with Crippen LogP contribution in [0.25, 0.3) is 5.65 Å². The van der Waals surface area contributed by atoms with Crippen LogP contribution in [-0.4, -0.2) is 79.5 Å². The van der Waals surface area contributed by atoms with Gasteiger partial charge in [-0.15, -0.1) is 5.10 Å². The summed E-state index contributed by atoms with van der Waals surface area (Å²) < 4.78 is 34.1. The van der Waals surface area contributed by atoms with Crippen molar-refractivity contribution >= 4 is 21.3 Å². The second-order valence-electron chi connectivity index (χ2n) is 7.30. The van der Waals surface area contributed by atoms with E-state index in [1.165, 1.54) is 12.1 Å². The van der Waals surface area contributed by atoms with Crippen LogP contribution in [0, 0.1) is 6.92 Å². The predicted molar refractivity (Wildman–Crippen MR) is 112 cm³/mol. The summed E-state index contributed by atoms with van der Waals surface area (Å²) in [6.07, 6.45) is 0. The van der Waals surface area contributed by atoms with Gasteiger partial charge in [0.1, 0.15) is 12.4 Å². The van der Waals surface area contributed by atoms with Gasteiger partial charge in [0, 0.05) is 37.9 Å². The number of nitrogens with zero attached hydrogens (tertiary/aromatic N) is 5. The van der Waals surface area contributed by atoms with E-state index in [2.05, 4.69) is 26.9 Å². The van der Waals surface area contributed by atoms with Crippen molar-refractivity contribution in [3.05, 3.63) is 42.1 Å².